The van der Waals surface area contributed by atoms with Crippen LogP contribution in [-0.2, 0) is 12.8 Å². The van der Waals surface area contributed by atoms with Gasteiger partial charge in [-0.3, -0.25) is 4.98 Å². The maximum Gasteiger partial charge on any atom is 0.404 e. The van der Waals surface area contributed by atoms with Gasteiger partial charge in [0.2, 0.25) is 0 Å². The quantitative estimate of drug-likeness (QED) is 0.424. The number of rotatable bonds is 9. The molecule has 1 heterocycles. The zero-order valence-electron chi connectivity index (χ0n) is 17.6. The molecular formula is C25H29N3O3. The topological polar surface area (TPSA) is 108 Å². The van der Waals surface area contributed by atoms with Crippen molar-refractivity contribution in [1.82, 2.24) is 10.3 Å². The average Bonchev–Trinajstić information content (AvgIpc) is 2.75. The van der Waals surface area contributed by atoms with Gasteiger partial charge in [0.25, 0.3) is 0 Å². The van der Waals surface area contributed by atoms with Crippen LogP contribution in [0.2, 0.25) is 0 Å². The van der Waals surface area contributed by atoms with Crippen molar-refractivity contribution in [2.45, 2.75) is 44.4 Å². The maximum absolute atomic E-state index is 11.2. The maximum atomic E-state index is 11.2. The fourth-order valence-electron chi connectivity index (χ4n) is 3.59. The van der Waals surface area contributed by atoms with Gasteiger partial charge in [-0.05, 0) is 48.9 Å². The summed E-state index contributed by atoms with van der Waals surface area (Å²) in [4.78, 5) is 15.6. The highest BCUT2D eigenvalue weighted by atomic mass is 16.4. The van der Waals surface area contributed by atoms with Crippen molar-refractivity contribution in [3.05, 3.63) is 89.6 Å². The molecule has 0 aliphatic rings. The molecule has 0 saturated carbocycles. The molecule has 0 saturated heterocycles. The summed E-state index contributed by atoms with van der Waals surface area (Å²) in [5.41, 5.74) is 11.3. The van der Waals surface area contributed by atoms with Crippen molar-refractivity contribution in [1.29, 1.82) is 0 Å². The number of aryl methyl sites for hydroxylation is 1. The van der Waals surface area contributed by atoms with Crippen molar-refractivity contribution >= 4 is 6.09 Å². The van der Waals surface area contributed by atoms with E-state index in [0.717, 1.165) is 27.9 Å². The van der Waals surface area contributed by atoms with E-state index in [2.05, 4.69) is 10.3 Å². The second-order valence-corrected chi connectivity index (χ2v) is 7.92. The SMILES string of the molecule is Cc1ccc(-c2ccc(C[C@H](N)[C@@H](O)C[C@H](Cc3ccccc3)NC(=O)O)cc2)nc1. The number of aliphatic hydroxyl groups is 1. The van der Waals surface area contributed by atoms with Crippen LogP contribution in [0.15, 0.2) is 72.9 Å². The number of nitrogens with one attached hydrogen (secondary N) is 1. The van der Waals surface area contributed by atoms with E-state index >= 15 is 0 Å². The number of nitrogens with zero attached hydrogens (tertiary/aromatic N) is 1. The molecule has 3 atom stereocenters. The highest BCUT2D eigenvalue weighted by Gasteiger charge is 2.22. The van der Waals surface area contributed by atoms with Crippen LogP contribution in [0.4, 0.5) is 4.79 Å². The third-order valence-electron chi connectivity index (χ3n) is 5.31. The van der Waals surface area contributed by atoms with E-state index in [1.54, 1.807) is 0 Å². The number of hydrogen-bond acceptors (Lipinski definition) is 4. The van der Waals surface area contributed by atoms with E-state index in [4.69, 9.17) is 10.8 Å². The summed E-state index contributed by atoms with van der Waals surface area (Å²) in [6.07, 6.45) is 1.13. The molecule has 1 amide bonds. The molecule has 6 nitrogen and oxygen atoms in total. The third-order valence-corrected chi connectivity index (χ3v) is 5.31. The number of benzene rings is 2. The van der Waals surface area contributed by atoms with Gasteiger partial charge in [-0.25, -0.2) is 4.79 Å². The van der Waals surface area contributed by atoms with Gasteiger partial charge < -0.3 is 21.3 Å². The van der Waals surface area contributed by atoms with Gasteiger partial charge in [0.15, 0.2) is 0 Å². The van der Waals surface area contributed by atoms with Crippen molar-refractivity contribution in [3.63, 3.8) is 0 Å². The number of carboxylic acid groups (broad SMARTS) is 1. The number of pyridine rings is 1. The summed E-state index contributed by atoms with van der Waals surface area (Å²) in [5, 5.41) is 22.3. The van der Waals surface area contributed by atoms with E-state index < -0.39 is 24.3 Å². The minimum atomic E-state index is -1.11. The molecular weight excluding hydrogens is 390 g/mol. The average molecular weight is 420 g/mol. The highest BCUT2D eigenvalue weighted by Crippen LogP contribution is 2.19. The molecule has 0 bridgehead atoms. The van der Waals surface area contributed by atoms with E-state index in [-0.39, 0.29) is 6.42 Å². The van der Waals surface area contributed by atoms with Gasteiger partial charge in [-0.15, -0.1) is 0 Å². The lowest BCUT2D eigenvalue weighted by Gasteiger charge is -2.24. The lowest BCUT2D eigenvalue weighted by atomic mass is 9.94. The van der Waals surface area contributed by atoms with Crippen LogP contribution in [0.3, 0.4) is 0 Å². The molecule has 2 aromatic carbocycles. The summed E-state index contributed by atoms with van der Waals surface area (Å²) in [6.45, 7) is 2.00. The zero-order chi connectivity index (χ0) is 22.2. The lowest BCUT2D eigenvalue weighted by Crippen LogP contribution is -2.44. The number of amides is 1. The Morgan fingerprint density at radius 2 is 1.68 bits per heavy atom. The molecule has 31 heavy (non-hydrogen) atoms. The number of carbonyl (C=O) groups is 1. The number of aromatic nitrogens is 1. The minimum Gasteiger partial charge on any atom is -0.465 e. The van der Waals surface area contributed by atoms with Crippen LogP contribution in [0.5, 0.6) is 0 Å². The first-order valence-electron chi connectivity index (χ1n) is 10.4. The standard InChI is InChI=1S/C25H29N3O3/c1-17-7-12-23(27-16-17)20-10-8-19(9-11-20)14-22(26)24(29)15-21(28-25(30)31)13-18-5-3-2-4-6-18/h2-12,16,21-22,24,28-29H,13-15,26H2,1H3,(H,30,31)/t21-,22-,24-/m0/s1. The van der Waals surface area contributed by atoms with Gasteiger partial charge in [0, 0.05) is 23.8 Å². The summed E-state index contributed by atoms with van der Waals surface area (Å²) < 4.78 is 0. The summed E-state index contributed by atoms with van der Waals surface area (Å²) in [7, 11) is 0. The Balaban J connectivity index is 1.59. The van der Waals surface area contributed by atoms with Crippen LogP contribution < -0.4 is 11.1 Å². The van der Waals surface area contributed by atoms with Gasteiger partial charge in [-0.2, -0.15) is 0 Å². The smallest absolute Gasteiger partial charge is 0.404 e. The Morgan fingerprint density at radius 3 is 2.29 bits per heavy atom. The van der Waals surface area contributed by atoms with Crippen molar-refractivity contribution in [2.24, 2.45) is 5.73 Å². The Kier molecular flexibility index (Phi) is 7.76. The van der Waals surface area contributed by atoms with Crippen LogP contribution in [0, 0.1) is 6.92 Å². The van der Waals surface area contributed by atoms with Gasteiger partial charge in [-0.1, -0.05) is 60.7 Å². The second kappa shape index (κ2) is 10.7. The largest absolute Gasteiger partial charge is 0.465 e. The van der Waals surface area contributed by atoms with E-state index in [1.807, 2.05) is 79.9 Å². The molecule has 0 spiro atoms. The molecule has 162 valence electrons. The molecule has 0 aliphatic carbocycles. The van der Waals surface area contributed by atoms with Crippen LogP contribution in [0.1, 0.15) is 23.1 Å². The second-order valence-electron chi connectivity index (χ2n) is 7.92. The van der Waals surface area contributed by atoms with Gasteiger partial charge in [0.1, 0.15) is 0 Å². The molecule has 3 rings (SSSR count). The molecule has 0 fully saturated rings. The fourth-order valence-corrected chi connectivity index (χ4v) is 3.59. The monoisotopic (exact) mass is 419 g/mol. The summed E-state index contributed by atoms with van der Waals surface area (Å²) in [6, 6.07) is 20.7. The van der Waals surface area contributed by atoms with E-state index in [1.165, 1.54) is 0 Å². The van der Waals surface area contributed by atoms with Crippen LogP contribution in [-0.4, -0.2) is 39.5 Å². The first-order chi connectivity index (χ1) is 14.9. The van der Waals surface area contributed by atoms with Crippen molar-refractivity contribution in [3.8, 4) is 11.3 Å². The first-order valence-corrected chi connectivity index (χ1v) is 10.4. The van der Waals surface area contributed by atoms with Crippen LogP contribution >= 0.6 is 0 Å². The Bertz CT molecular complexity index is 960. The predicted octanol–water partition coefficient (Wildman–Crippen LogP) is 3.56. The number of nitrogens with two attached hydrogens (primary N) is 1. The Labute approximate surface area is 182 Å². The predicted molar refractivity (Wildman–Crippen MR) is 122 cm³/mol. The Morgan fingerprint density at radius 1 is 1.00 bits per heavy atom. The Hall–Kier alpha value is -3.22. The molecule has 1 aromatic heterocycles. The number of aliphatic hydroxyl groups excluding tert-OH is 1. The first kappa shape index (κ1) is 22.5. The zero-order valence-corrected chi connectivity index (χ0v) is 17.6. The third kappa shape index (κ3) is 6.91. The minimum absolute atomic E-state index is 0.244. The molecule has 0 aliphatic heterocycles. The molecule has 0 unspecified atom stereocenters. The van der Waals surface area contributed by atoms with Crippen molar-refractivity contribution < 1.29 is 15.0 Å². The summed E-state index contributed by atoms with van der Waals surface area (Å²) >= 11 is 0. The van der Waals surface area contributed by atoms with E-state index in [9.17, 15) is 9.90 Å². The van der Waals surface area contributed by atoms with Crippen molar-refractivity contribution in [2.75, 3.05) is 0 Å². The van der Waals surface area contributed by atoms with E-state index in [0.29, 0.717) is 12.8 Å². The van der Waals surface area contributed by atoms with Gasteiger partial charge in [0.05, 0.1) is 11.8 Å². The fraction of sp³-hybridized carbons (Fsp3) is 0.280. The van der Waals surface area contributed by atoms with Gasteiger partial charge >= 0.3 is 6.09 Å². The number of hydrogen-bond donors (Lipinski definition) is 4. The molecule has 6 heteroatoms. The highest BCUT2D eigenvalue weighted by molar-refractivity contribution is 5.65. The summed E-state index contributed by atoms with van der Waals surface area (Å²) in [5.74, 6) is 0. The molecule has 0 radical (unpaired) electrons. The molecule has 5 N–H and O–H groups in total. The van der Waals surface area contributed by atoms with Crippen LogP contribution in [0.25, 0.3) is 11.3 Å². The normalized spacial score (nSPS) is 13.9. The molecule has 3 aromatic rings. The lowest BCUT2D eigenvalue weighted by molar-refractivity contribution is 0.119.